The van der Waals surface area contributed by atoms with Crippen LogP contribution in [-0.2, 0) is 0 Å². The van der Waals surface area contributed by atoms with Gasteiger partial charge < -0.3 is 15.5 Å². The Bertz CT molecular complexity index is 172. The fourth-order valence-electron chi connectivity index (χ4n) is 1.81. The standard InChI is InChI=1S/C12H27N3/c1-12(2,15(3)4)10-13-9-11-7-5-6-8-14-11/h11,13-14H,5-10H2,1-4H3. The van der Waals surface area contributed by atoms with Gasteiger partial charge in [0.2, 0.25) is 0 Å². The van der Waals surface area contributed by atoms with E-state index < -0.39 is 0 Å². The summed E-state index contributed by atoms with van der Waals surface area (Å²) in [5, 5.41) is 7.13. The van der Waals surface area contributed by atoms with Crippen LogP contribution in [0.4, 0.5) is 0 Å². The maximum Gasteiger partial charge on any atom is 0.0271 e. The van der Waals surface area contributed by atoms with Crippen LogP contribution in [0.5, 0.6) is 0 Å². The van der Waals surface area contributed by atoms with Gasteiger partial charge in [-0.2, -0.15) is 0 Å². The minimum atomic E-state index is 0.245. The summed E-state index contributed by atoms with van der Waals surface area (Å²) in [6, 6.07) is 0.691. The molecule has 0 aromatic rings. The van der Waals surface area contributed by atoms with E-state index >= 15 is 0 Å². The highest BCUT2D eigenvalue weighted by Gasteiger charge is 2.20. The van der Waals surface area contributed by atoms with Gasteiger partial charge in [-0.25, -0.2) is 0 Å². The quantitative estimate of drug-likeness (QED) is 0.715. The fraction of sp³-hybridized carbons (Fsp3) is 1.00. The van der Waals surface area contributed by atoms with Crippen molar-refractivity contribution in [3.63, 3.8) is 0 Å². The number of nitrogens with zero attached hydrogens (tertiary/aromatic N) is 1. The van der Waals surface area contributed by atoms with Gasteiger partial charge in [-0.05, 0) is 47.3 Å². The van der Waals surface area contributed by atoms with Crippen molar-refractivity contribution in [1.29, 1.82) is 0 Å². The van der Waals surface area contributed by atoms with Crippen LogP contribution in [0, 0.1) is 0 Å². The summed E-state index contributed by atoms with van der Waals surface area (Å²) in [6.07, 6.45) is 4.06. The largest absolute Gasteiger partial charge is 0.313 e. The van der Waals surface area contributed by atoms with Gasteiger partial charge in [0.1, 0.15) is 0 Å². The van der Waals surface area contributed by atoms with Gasteiger partial charge in [0.25, 0.3) is 0 Å². The van der Waals surface area contributed by atoms with Crippen molar-refractivity contribution in [1.82, 2.24) is 15.5 Å². The van der Waals surface area contributed by atoms with E-state index in [2.05, 4.69) is 43.5 Å². The second kappa shape index (κ2) is 5.83. The lowest BCUT2D eigenvalue weighted by Crippen LogP contribution is -2.50. The van der Waals surface area contributed by atoms with Crippen molar-refractivity contribution in [3.05, 3.63) is 0 Å². The zero-order valence-corrected chi connectivity index (χ0v) is 10.8. The molecular weight excluding hydrogens is 186 g/mol. The van der Waals surface area contributed by atoms with Crippen LogP contribution in [-0.4, -0.2) is 50.2 Å². The van der Waals surface area contributed by atoms with Gasteiger partial charge in [-0.3, -0.25) is 0 Å². The Morgan fingerprint density at radius 1 is 1.33 bits per heavy atom. The predicted octanol–water partition coefficient (Wildman–Crippen LogP) is 1.06. The van der Waals surface area contributed by atoms with Gasteiger partial charge in [0.05, 0.1) is 0 Å². The van der Waals surface area contributed by atoms with Crippen LogP contribution < -0.4 is 10.6 Å². The molecule has 1 aliphatic heterocycles. The average Bonchev–Trinajstić information content (AvgIpc) is 2.19. The second-order valence-electron chi connectivity index (χ2n) is 5.48. The molecule has 1 fully saturated rings. The fourth-order valence-corrected chi connectivity index (χ4v) is 1.81. The molecule has 3 nitrogen and oxygen atoms in total. The maximum atomic E-state index is 3.57. The van der Waals surface area contributed by atoms with E-state index in [4.69, 9.17) is 0 Å². The molecule has 0 amide bonds. The normalized spacial score (nSPS) is 23.4. The van der Waals surface area contributed by atoms with Crippen molar-refractivity contribution in [2.24, 2.45) is 0 Å². The van der Waals surface area contributed by atoms with E-state index in [1.807, 2.05) is 0 Å². The minimum Gasteiger partial charge on any atom is -0.313 e. The third kappa shape index (κ3) is 4.49. The van der Waals surface area contributed by atoms with E-state index in [0.717, 1.165) is 13.1 Å². The maximum absolute atomic E-state index is 3.57. The zero-order valence-electron chi connectivity index (χ0n) is 10.8. The number of nitrogens with one attached hydrogen (secondary N) is 2. The lowest BCUT2D eigenvalue weighted by molar-refractivity contribution is 0.187. The molecule has 3 heteroatoms. The molecule has 1 saturated heterocycles. The topological polar surface area (TPSA) is 27.3 Å². The van der Waals surface area contributed by atoms with Gasteiger partial charge >= 0.3 is 0 Å². The molecule has 15 heavy (non-hydrogen) atoms. The van der Waals surface area contributed by atoms with Crippen molar-refractivity contribution in [2.75, 3.05) is 33.7 Å². The van der Waals surface area contributed by atoms with Gasteiger partial charge in [-0.1, -0.05) is 6.42 Å². The Morgan fingerprint density at radius 3 is 2.60 bits per heavy atom. The third-order valence-corrected chi connectivity index (χ3v) is 3.57. The van der Waals surface area contributed by atoms with Crippen LogP contribution in [0.25, 0.3) is 0 Å². The van der Waals surface area contributed by atoms with Crippen molar-refractivity contribution < 1.29 is 0 Å². The Balaban J connectivity index is 2.14. The molecule has 0 radical (unpaired) electrons. The molecule has 0 aromatic carbocycles. The third-order valence-electron chi connectivity index (χ3n) is 3.57. The minimum absolute atomic E-state index is 0.245. The summed E-state index contributed by atoms with van der Waals surface area (Å²) in [5.74, 6) is 0. The predicted molar refractivity (Wildman–Crippen MR) is 66.3 cm³/mol. The summed E-state index contributed by atoms with van der Waals surface area (Å²) in [4.78, 5) is 2.27. The van der Waals surface area contributed by atoms with Crippen LogP contribution in [0.15, 0.2) is 0 Å². The zero-order chi connectivity index (χ0) is 11.3. The second-order valence-corrected chi connectivity index (χ2v) is 5.48. The highest BCUT2D eigenvalue weighted by molar-refractivity contribution is 4.82. The molecule has 1 rings (SSSR count). The first-order valence-corrected chi connectivity index (χ1v) is 6.14. The summed E-state index contributed by atoms with van der Waals surface area (Å²) in [7, 11) is 4.28. The van der Waals surface area contributed by atoms with E-state index in [9.17, 15) is 0 Å². The monoisotopic (exact) mass is 213 g/mol. The SMILES string of the molecule is CN(C)C(C)(C)CNCC1CCCCN1. The Morgan fingerprint density at radius 2 is 2.07 bits per heavy atom. The van der Waals surface area contributed by atoms with Crippen LogP contribution in [0.2, 0.25) is 0 Å². The number of piperidine rings is 1. The van der Waals surface area contributed by atoms with Crippen molar-refractivity contribution >= 4 is 0 Å². The highest BCUT2D eigenvalue weighted by Crippen LogP contribution is 2.09. The lowest BCUT2D eigenvalue weighted by Gasteiger charge is -2.34. The number of likely N-dealkylation sites (N-methyl/N-ethyl adjacent to an activating group) is 1. The molecular formula is C12H27N3. The molecule has 0 bridgehead atoms. The molecule has 1 aliphatic rings. The number of rotatable bonds is 5. The van der Waals surface area contributed by atoms with Crippen LogP contribution in [0.3, 0.4) is 0 Å². The molecule has 0 aliphatic carbocycles. The Labute approximate surface area is 94.6 Å². The molecule has 1 atom stereocenters. The molecule has 1 unspecified atom stereocenters. The number of hydrogen-bond donors (Lipinski definition) is 2. The van der Waals surface area contributed by atoms with Crippen LogP contribution in [0.1, 0.15) is 33.1 Å². The molecule has 1 heterocycles. The van der Waals surface area contributed by atoms with E-state index in [1.165, 1.54) is 25.8 Å². The van der Waals surface area contributed by atoms with Crippen molar-refractivity contribution in [2.45, 2.75) is 44.7 Å². The van der Waals surface area contributed by atoms with E-state index in [-0.39, 0.29) is 5.54 Å². The smallest absolute Gasteiger partial charge is 0.0271 e. The van der Waals surface area contributed by atoms with Gasteiger partial charge in [0.15, 0.2) is 0 Å². The summed E-state index contributed by atoms with van der Waals surface area (Å²) in [6.45, 7) is 7.90. The summed E-state index contributed by atoms with van der Waals surface area (Å²) < 4.78 is 0. The number of hydrogen-bond acceptors (Lipinski definition) is 3. The Kier molecular flexibility index (Phi) is 5.03. The highest BCUT2D eigenvalue weighted by atomic mass is 15.2. The first-order chi connectivity index (χ1) is 7.02. The van der Waals surface area contributed by atoms with E-state index in [1.54, 1.807) is 0 Å². The van der Waals surface area contributed by atoms with Crippen LogP contribution >= 0.6 is 0 Å². The Hall–Kier alpha value is -0.120. The molecule has 0 saturated carbocycles. The average molecular weight is 213 g/mol. The molecule has 0 spiro atoms. The van der Waals surface area contributed by atoms with Gasteiger partial charge in [-0.15, -0.1) is 0 Å². The van der Waals surface area contributed by atoms with E-state index in [0.29, 0.717) is 6.04 Å². The summed E-state index contributed by atoms with van der Waals surface area (Å²) >= 11 is 0. The first-order valence-electron chi connectivity index (χ1n) is 6.14. The lowest BCUT2D eigenvalue weighted by atomic mass is 10.0. The first kappa shape index (κ1) is 12.9. The van der Waals surface area contributed by atoms with Gasteiger partial charge in [0, 0.05) is 24.7 Å². The molecule has 90 valence electrons. The molecule has 0 aromatic heterocycles. The molecule has 2 N–H and O–H groups in total. The van der Waals surface area contributed by atoms with Crippen molar-refractivity contribution in [3.8, 4) is 0 Å². The summed E-state index contributed by atoms with van der Waals surface area (Å²) in [5.41, 5.74) is 0.245.